The molecule has 0 aromatic carbocycles. The Morgan fingerprint density at radius 1 is 1.45 bits per heavy atom. The van der Waals surface area contributed by atoms with Crippen molar-refractivity contribution in [3.8, 4) is 0 Å². The molecule has 0 saturated carbocycles. The third-order valence-electron chi connectivity index (χ3n) is 2.00. The number of rotatable bonds is 1. The Morgan fingerprint density at radius 2 is 2.45 bits per heavy atom. The van der Waals surface area contributed by atoms with E-state index in [4.69, 9.17) is 0 Å². The quantitative estimate of drug-likeness (QED) is 0.644. The maximum atomic E-state index is 4.24. The van der Waals surface area contributed by atoms with Crippen molar-refractivity contribution >= 4 is 0 Å². The van der Waals surface area contributed by atoms with Crippen molar-refractivity contribution in [3.05, 3.63) is 24.3 Å². The molecule has 0 aliphatic carbocycles. The summed E-state index contributed by atoms with van der Waals surface area (Å²) in [5, 5.41) is 3.37. The highest BCUT2D eigenvalue weighted by Crippen LogP contribution is 2.19. The van der Waals surface area contributed by atoms with Gasteiger partial charge in [0.15, 0.2) is 0 Å². The number of hydrogen-bond acceptors (Lipinski definition) is 3. The monoisotopic (exact) mass is 149 g/mol. The highest BCUT2D eigenvalue weighted by Gasteiger charge is 2.16. The molecule has 0 amide bonds. The molecule has 2 heterocycles. The Morgan fingerprint density at radius 3 is 3.09 bits per heavy atom. The van der Waals surface area contributed by atoms with Crippen LogP contribution < -0.4 is 5.32 Å². The number of nitrogens with zero attached hydrogens (tertiary/aromatic N) is 2. The van der Waals surface area contributed by atoms with Gasteiger partial charge in [-0.1, -0.05) is 0 Å². The van der Waals surface area contributed by atoms with Crippen LogP contribution in [0.2, 0.25) is 0 Å². The van der Waals surface area contributed by atoms with Crippen molar-refractivity contribution in [1.82, 2.24) is 15.3 Å². The van der Waals surface area contributed by atoms with E-state index in [9.17, 15) is 0 Å². The SMILES string of the molecule is c1cnc([C@@H]2CCCN2)cn1. The number of hydrogen-bond donors (Lipinski definition) is 1. The van der Waals surface area contributed by atoms with E-state index in [1.165, 1.54) is 12.8 Å². The second-order valence-electron chi connectivity index (χ2n) is 2.78. The van der Waals surface area contributed by atoms with E-state index in [0.29, 0.717) is 6.04 Å². The van der Waals surface area contributed by atoms with E-state index in [2.05, 4.69) is 15.3 Å². The third kappa shape index (κ3) is 1.38. The predicted molar refractivity (Wildman–Crippen MR) is 42.0 cm³/mol. The molecule has 1 atom stereocenters. The number of nitrogens with one attached hydrogen (secondary N) is 1. The molecule has 1 fully saturated rings. The van der Waals surface area contributed by atoms with E-state index in [1.54, 1.807) is 12.4 Å². The molecule has 1 aromatic rings. The fraction of sp³-hybridized carbons (Fsp3) is 0.500. The fourth-order valence-electron chi connectivity index (χ4n) is 1.43. The molecule has 2 rings (SSSR count). The van der Waals surface area contributed by atoms with Gasteiger partial charge in [0.1, 0.15) is 0 Å². The third-order valence-corrected chi connectivity index (χ3v) is 2.00. The fourth-order valence-corrected chi connectivity index (χ4v) is 1.43. The highest BCUT2D eigenvalue weighted by atomic mass is 15.0. The minimum absolute atomic E-state index is 0.448. The van der Waals surface area contributed by atoms with Crippen LogP contribution in [-0.2, 0) is 0 Å². The second kappa shape index (κ2) is 2.96. The molecule has 1 aliphatic rings. The van der Waals surface area contributed by atoms with Crippen molar-refractivity contribution in [3.63, 3.8) is 0 Å². The zero-order valence-electron chi connectivity index (χ0n) is 6.33. The van der Waals surface area contributed by atoms with Gasteiger partial charge in [-0.3, -0.25) is 9.97 Å². The van der Waals surface area contributed by atoms with Gasteiger partial charge in [0.2, 0.25) is 0 Å². The minimum atomic E-state index is 0.448. The first-order valence-corrected chi connectivity index (χ1v) is 3.96. The minimum Gasteiger partial charge on any atom is -0.309 e. The molecule has 58 valence electrons. The maximum Gasteiger partial charge on any atom is 0.0756 e. The molecule has 1 N–H and O–H groups in total. The van der Waals surface area contributed by atoms with Crippen LogP contribution in [0.15, 0.2) is 18.6 Å². The molecule has 0 unspecified atom stereocenters. The van der Waals surface area contributed by atoms with E-state index in [1.807, 2.05) is 6.20 Å². The van der Waals surface area contributed by atoms with Crippen LogP contribution in [0, 0.1) is 0 Å². The Kier molecular flexibility index (Phi) is 1.81. The van der Waals surface area contributed by atoms with Crippen LogP contribution in [-0.4, -0.2) is 16.5 Å². The van der Waals surface area contributed by atoms with Crippen molar-refractivity contribution in [2.45, 2.75) is 18.9 Å². The lowest BCUT2D eigenvalue weighted by atomic mass is 10.2. The summed E-state index contributed by atoms with van der Waals surface area (Å²) in [6.07, 6.45) is 7.73. The first-order valence-electron chi connectivity index (χ1n) is 3.96. The van der Waals surface area contributed by atoms with E-state index < -0.39 is 0 Å². The van der Waals surface area contributed by atoms with Gasteiger partial charge in [0, 0.05) is 18.6 Å². The van der Waals surface area contributed by atoms with Crippen LogP contribution in [0.25, 0.3) is 0 Å². The van der Waals surface area contributed by atoms with Gasteiger partial charge in [-0.2, -0.15) is 0 Å². The molecule has 3 heteroatoms. The molecule has 1 aliphatic heterocycles. The Balaban J connectivity index is 2.16. The van der Waals surface area contributed by atoms with Crippen LogP contribution in [0.3, 0.4) is 0 Å². The van der Waals surface area contributed by atoms with Crippen LogP contribution in [0.5, 0.6) is 0 Å². The van der Waals surface area contributed by atoms with Crippen molar-refractivity contribution in [2.75, 3.05) is 6.54 Å². The smallest absolute Gasteiger partial charge is 0.0756 e. The lowest BCUT2D eigenvalue weighted by Crippen LogP contribution is -2.14. The van der Waals surface area contributed by atoms with Gasteiger partial charge < -0.3 is 5.32 Å². The van der Waals surface area contributed by atoms with Crippen molar-refractivity contribution in [2.24, 2.45) is 0 Å². The number of aromatic nitrogens is 2. The highest BCUT2D eigenvalue weighted by molar-refractivity contribution is 5.03. The van der Waals surface area contributed by atoms with Crippen molar-refractivity contribution < 1.29 is 0 Å². The van der Waals surface area contributed by atoms with Crippen LogP contribution in [0.1, 0.15) is 24.6 Å². The normalized spacial score (nSPS) is 23.8. The van der Waals surface area contributed by atoms with Gasteiger partial charge in [-0.05, 0) is 19.4 Å². The predicted octanol–water partition coefficient (Wildman–Crippen LogP) is 0.901. The molecule has 0 spiro atoms. The van der Waals surface area contributed by atoms with E-state index >= 15 is 0 Å². The van der Waals surface area contributed by atoms with Gasteiger partial charge in [0.05, 0.1) is 11.7 Å². The van der Waals surface area contributed by atoms with Gasteiger partial charge in [-0.25, -0.2) is 0 Å². The van der Waals surface area contributed by atoms with Gasteiger partial charge in [0.25, 0.3) is 0 Å². The molecule has 1 aromatic heterocycles. The average Bonchev–Trinajstić information content (AvgIpc) is 2.58. The van der Waals surface area contributed by atoms with E-state index in [0.717, 1.165) is 12.2 Å². The Labute approximate surface area is 65.9 Å². The molecule has 3 nitrogen and oxygen atoms in total. The lowest BCUT2D eigenvalue weighted by molar-refractivity contribution is 0.624. The van der Waals surface area contributed by atoms with Crippen LogP contribution >= 0.6 is 0 Å². The van der Waals surface area contributed by atoms with E-state index in [-0.39, 0.29) is 0 Å². The van der Waals surface area contributed by atoms with Gasteiger partial charge in [-0.15, -0.1) is 0 Å². The molecule has 1 saturated heterocycles. The Hall–Kier alpha value is -0.960. The summed E-state index contributed by atoms with van der Waals surface area (Å²) >= 11 is 0. The standard InChI is InChI=1S/C8H11N3/c1-2-7(10-3-1)8-6-9-4-5-11-8/h4-7,10H,1-3H2/t7-/m0/s1. The van der Waals surface area contributed by atoms with Gasteiger partial charge >= 0.3 is 0 Å². The first kappa shape index (κ1) is 6.73. The summed E-state index contributed by atoms with van der Waals surface area (Å²) in [5.74, 6) is 0. The Bertz CT molecular complexity index is 216. The average molecular weight is 149 g/mol. The zero-order chi connectivity index (χ0) is 7.52. The lowest BCUT2D eigenvalue weighted by Gasteiger charge is -2.06. The molecule has 0 radical (unpaired) electrons. The first-order chi connectivity index (χ1) is 5.47. The summed E-state index contributed by atoms with van der Waals surface area (Å²) in [6, 6.07) is 0.448. The summed E-state index contributed by atoms with van der Waals surface area (Å²) < 4.78 is 0. The molecule has 0 bridgehead atoms. The molecular weight excluding hydrogens is 138 g/mol. The van der Waals surface area contributed by atoms with Crippen molar-refractivity contribution in [1.29, 1.82) is 0 Å². The summed E-state index contributed by atoms with van der Waals surface area (Å²) in [6.45, 7) is 1.11. The molecular formula is C8H11N3. The summed E-state index contributed by atoms with van der Waals surface area (Å²) in [7, 11) is 0. The largest absolute Gasteiger partial charge is 0.309 e. The topological polar surface area (TPSA) is 37.8 Å². The molecule has 11 heavy (non-hydrogen) atoms. The summed E-state index contributed by atoms with van der Waals surface area (Å²) in [4.78, 5) is 8.26. The maximum absolute atomic E-state index is 4.24. The zero-order valence-corrected chi connectivity index (χ0v) is 6.33. The summed E-state index contributed by atoms with van der Waals surface area (Å²) in [5.41, 5.74) is 1.07. The second-order valence-corrected chi connectivity index (χ2v) is 2.78. The van der Waals surface area contributed by atoms with Crippen LogP contribution in [0.4, 0.5) is 0 Å².